The van der Waals surface area contributed by atoms with Crippen molar-refractivity contribution in [1.29, 1.82) is 0 Å². The third kappa shape index (κ3) is 3.08. The maximum atomic E-state index is 11.3. The number of anilines is 1. The second-order valence-corrected chi connectivity index (χ2v) is 7.30. The summed E-state index contributed by atoms with van der Waals surface area (Å²) >= 11 is 1.32. The predicted molar refractivity (Wildman–Crippen MR) is 78.4 cm³/mol. The number of piperidine rings is 1. The van der Waals surface area contributed by atoms with Crippen molar-refractivity contribution >= 4 is 22.4 Å². The summed E-state index contributed by atoms with van der Waals surface area (Å²) < 4.78 is 0. The third-order valence-electron chi connectivity index (χ3n) is 3.77. The maximum absolute atomic E-state index is 11.3. The minimum Gasteiger partial charge on any atom is -0.477 e. The lowest BCUT2D eigenvalue weighted by molar-refractivity contribution is 0.0700. The van der Waals surface area contributed by atoms with Crippen molar-refractivity contribution < 1.29 is 9.90 Å². The monoisotopic (exact) mass is 282 g/mol. The summed E-state index contributed by atoms with van der Waals surface area (Å²) in [5, 5.41) is 10.1. The molecule has 106 valence electrons. The number of thiazole rings is 1. The van der Waals surface area contributed by atoms with Crippen LogP contribution in [0.1, 0.15) is 61.8 Å². The van der Waals surface area contributed by atoms with Gasteiger partial charge < -0.3 is 10.0 Å². The molecule has 1 aliphatic rings. The standard InChI is InChI=1S/C14H22N2O2S/c1-9(2)10-11(12(17)18)19-13(15-10)16-7-5-14(3,4)6-8-16/h9H,5-8H2,1-4H3,(H,17,18). The van der Waals surface area contributed by atoms with Gasteiger partial charge in [-0.15, -0.1) is 0 Å². The van der Waals surface area contributed by atoms with Crippen molar-refractivity contribution in [2.45, 2.75) is 46.5 Å². The second kappa shape index (κ2) is 5.12. The minimum atomic E-state index is -0.857. The van der Waals surface area contributed by atoms with Gasteiger partial charge in [-0.05, 0) is 24.2 Å². The van der Waals surface area contributed by atoms with Gasteiger partial charge in [0.25, 0.3) is 0 Å². The van der Waals surface area contributed by atoms with Crippen molar-refractivity contribution in [1.82, 2.24) is 4.98 Å². The molecule has 5 heteroatoms. The molecule has 1 aromatic heterocycles. The lowest BCUT2D eigenvalue weighted by Crippen LogP contribution is -2.37. The highest BCUT2D eigenvalue weighted by Crippen LogP contribution is 2.36. The average Bonchev–Trinajstić information content (AvgIpc) is 2.74. The molecule has 1 fully saturated rings. The van der Waals surface area contributed by atoms with Crippen LogP contribution in [0.3, 0.4) is 0 Å². The van der Waals surface area contributed by atoms with E-state index in [1.54, 1.807) is 0 Å². The molecule has 2 heterocycles. The Labute approximate surface area is 118 Å². The molecular formula is C14H22N2O2S. The molecule has 0 radical (unpaired) electrons. The van der Waals surface area contributed by atoms with E-state index in [1.807, 2.05) is 13.8 Å². The van der Waals surface area contributed by atoms with Gasteiger partial charge in [0, 0.05) is 13.1 Å². The number of carboxylic acids is 1. The number of hydrogen-bond donors (Lipinski definition) is 1. The van der Waals surface area contributed by atoms with E-state index in [4.69, 9.17) is 0 Å². The summed E-state index contributed by atoms with van der Waals surface area (Å²) in [5.74, 6) is -0.706. The van der Waals surface area contributed by atoms with E-state index in [-0.39, 0.29) is 5.92 Å². The number of carbonyl (C=O) groups is 1. The van der Waals surface area contributed by atoms with E-state index < -0.39 is 5.97 Å². The summed E-state index contributed by atoms with van der Waals surface area (Å²) in [6, 6.07) is 0. The third-order valence-corrected chi connectivity index (χ3v) is 4.89. The topological polar surface area (TPSA) is 53.4 Å². The summed E-state index contributed by atoms with van der Waals surface area (Å²) in [5.41, 5.74) is 1.11. The van der Waals surface area contributed by atoms with E-state index in [0.717, 1.165) is 36.8 Å². The van der Waals surface area contributed by atoms with Gasteiger partial charge in [-0.3, -0.25) is 0 Å². The van der Waals surface area contributed by atoms with Crippen LogP contribution in [-0.4, -0.2) is 29.1 Å². The first-order chi connectivity index (χ1) is 8.80. The average molecular weight is 282 g/mol. The molecule has 1 N–H and O–H groups in total. The number of carboxylic acid groups (broad SMARTS) is 1. The van der Waals surface area contributed by atoms with Crippen LogP contribution in [0.4, 0.5) is 5.13 Å². The molecule has 0 unspecified atom stereocenters. The molecule has 4 nitrogen and oxygen atoms in total. The van der Waals surface area contributed by atoms with Crippen molar-refractivity contribution in [3.8, 4) is 0 Å². The fourth-order valence-corrected chi connectivity index (χ4v) is 3.41. The van der Waals surface area contributed by atoms with Gasteiger partial charge in [-0.25, -0.2) is 9.78 Å². The number of nitrogens with zero attached hydrogens (tertiary/aromatic N) is 2. The van der Waals surface area contributed by atoms with E-state index in [9.17, 15) is 9.90 Å². The fourth-order valence-electron chi connectivity index (χ4n) is 2.30. The molecule has 0 bridgehead atoms. The number of hydrogen-bond acceptors (Lipinski definition) is 4. The van der Waals surface area contributed by atoms with E-state index in [0.29, 0.717) is 10.3 Å². The predicted octanol–water partition coefficient (Wildman–Crippen LogP) is 3.59. The van der Waals surface area contributed by atoms with Crippen molar-refractivity contribution in [3.63, 3.8) is 0 Å². The highest BCUT2D eigenvalue weighted by Gasteiger charge is 2.28. The second-order valence-electron chi connectivity index (χ2n) is 6.32. The van der Waals surface area contributed by atoms with Gasteiger partial charge >= 0.3 is 5.97 Å². The van der Waals surface area contributed by atoms with E-state index in [1.165, 1.54) is 11.3 Å². The molecule has 0 amide bonds. The van der Waals surface area contributed by atoms with Crippen LogP contribution in [0, 0.1) is 5.41 Å². The zero-order chi connectivity index (χ0) is 14.2. The molecule has 2 rings (SSSR count). The Morgan fingerprint density at radius 3 is 2.37 bits per heavy atom. The fraction of sp³-hybridized carbons (Fsp3) is 0.714. The molecule has 0 aromatic carbocycles. The molecule has 0 atom stereocenters. The van der Waals surface area contributed by atoms with Crippen molar-refractivity contribution in [3.05, 3.63) is 10.6 Å². The number of aromatic nitrogens is 1. The molecule has 0 spiro atoms. The summed E-state index contributed by atoms with van der Waals surface area (Å²) in [4.78, 5) is 18.5. The van der Waals surface area contributed by atoms with Crippen LogP contribution in [0.25, 0.3) is 0 Å². The van der Waals surface area contributed by atoms with E-state index >= 15 is 0 Å². The Hall–Kier alpha value is -1.10. The van der Waals surface area contributed by atoms with Crippen LogP contribution in [-0.2, 0) is 0 Å². The zero-order valence-corrected chi connectivity index (χ0v) is 12.9. The quantitative estimate of drug-likeness (QED) is 0.920. The molecule has 19 heavy (non-hydrogen) atoms. The van der Waals surface area contributed by atoms with Gasteiger partial charge in [0.1, 0.15) is 4.88 Å². The first-order valence-electron chi connectivity index (χ1n) is 6.79. The normalized spacial score (nSPS) is 18.9. The Kier molecular flexibility index (Phi) is 3.85. The Bertz CT molecular complexity index is 470. The molecule has 1 saturated heterocycles. The van der Waals surface area contributed by atoms with Gasteiger partial charge in [-0.2, -0.15) is 0 Å². The lowest BCUT2D eigenvalue weighted by Gasteiger charge is -2.36. The van der Waals surface area contributed by atoms with Crippen LogP contribution < -0.4 is 4.90 Å². The molecular weight excluding hydrogens is 260 g/mol. The molecule has 0 saturated carbocycles. The maximum Gasteiger partial charge on any atom is 0.347 e. The van der Waals surface area contributed by atoms with Crippen LogP contribution in [0.15, 0.2) is 0 Å². The number of rotatable bonds is 3. The highest BCUT2D eigenvalue weighted by atomic mass is 32.1. The SMILES string of the molecule is CC(C)c1nc(N2CCC(C)(C)CC2)sc1C(=O)O. The summed E-state index contributed by atoms with van der Waals surface area (Å²) in [6.45, 7) is 10.5. The molecule has 1 aromatic rings. The van der Waals surface area contributed by atoms with Gasteiger partial charge in [0.2, 0.25) is 0 Å². The van der Waals surface area contributed by atoms with Gasteiger partial charge in [-0.1, -0.05) is 39.0 Å². The largest absolute Gasteiger partial charge is 0.477 e. The zero-order valence-electron chi connectivity index (χ0n) is 12.1. The van der Waals surface area contributed by atoms with Crippen LogP contribution in [0.2, 0.25) is 0 Å². The highest BCUT2D eigenvalue weighted by molar-refractivity contribution is 7.17. The lowest BCUT2D eigenvalue weighted by atomic mass is 9.83. The van der Waals surface area contributed by atoms with Crippen molar-refractivity contribution in [2.24, 2.45) is 5.41 Å². The smallest absolute Gasteiger partial charge is 0.347 e. The first-order valence-corrected chi connectivity index (χ1v) is 7.61. The van der Waals surface area contributed by atoms with Crippen LogP contribution in [0.5, 0.6) is 0 Å². The molecule has 0 aliphatic carbocycles. The minimum absolute atomic E-state index is 0.150. The summed E-state index contributed by atoms with van der Waals surface area (Å²) in [7, 11) is 0. The van der Waals surface area contributed by atoms with Crippen molar-refractivity contribution in [2.75, 3.05) is 18.0 Å². The summed E-state index contributed by atoms with van der Waals surface area (Å²) in [6.07, 6.45) is 2.26. The van der Waals surface area contributed by atoms with Gasteiger partial charge in [0.15, 0.2) is 5.13 Å². The van der Waals surface area contributed by atoms with Gasteiger partial charge in [0.05, 0.1) is 5.69 Å². The Balaban J connectivity index is 2.22. The van der Waals surface area contributed by atoms with Crippen LogP contribution >= 0.6 is 11.3 Å². The molecule has 1 aliphatic heterocycles. The Morgan fingerprint density at radius 2 is 1.95 bits per heavy atom. The number of aromatic carboxylic acids is 1. The Morgan fingerprint density at radius 1 is 1.37 bits per heavy atom. The van der Waals surface area contributed by atoms with E-state index in [2.05, 4.69) is 23.7 Å². The first kappa shape index (κ1) is 14.3.